The normalized spacial score (nSPS) is 27.4. The van der Waals surface area contributed by atoms with Crippen molar-refractivity contribution in [2.45, 2.75) is 126 Å². The van der Waals surface area contributed by atoms with Crippen molar-refractivity contribution in [2.24, 2.45) is 5.92 Å². The summed E-state index contributed by atoms with van der Waals surface area (Å²) < 4.78 is 86.8. The SMILES string of the molecule is COc1ccc2nc(O[C@@H]3C[C@H]4C(=O)N[C@]5(C(=O)NS(=O)(=O)C6(C)CC6)C[C@H]5/C=C\CCCCC[C@H](NC(=O)OC(C)(C)C)C(=O)N4C3)c(C(F)(F)F)nc2c1. The first-order valence-corrected chi connectivity index (χ1v) is 20.1. The summed E-state index contributed by atoms with van der Waals surface area (Å²) in [6.45, 7) is 6.06. The van der Waals surface area contributed by atoms with Crippen LogP contribution in [0.2, 0.25) is 0 Å². The van der Waals surface area contributed by atoms with Gasteiger partial charge in [-0.15, -0.1) is 0 Å². The lowest BCUT2D eigenvalue weighted by atomic mass is 10.0. The summed E-state index contributed by atoms with van der Waals surface area (Å²) in [4.78, 5) is 64.5. The van der Waals surface area contributed by atoms with Crippen molar-refractivity contribution in [3.8, 4) is 11.6 Å². The van der Waals surface area contributed by atoms with Gasteiger partial charge in [-0.1, -0.05) is 25.0 Å². The molecule has 2 aromatic rings. The Balaban J connectivity index is 1.34. The molecule has 306 valence electrons. The molecule has 2 aliphatic carbocycles. The number of carbonyl (C=O) groups excluding carboxylic acids is 4. The summed E-state index contributed by atoms with van der Waals surface area (Å²) in [5, 5.41) is 5.32. The molecule has 0 radical (unpaired) electrons. The molecule has 2 aliphatic heterocycles. The van der Waals surface area contributed by atoms with Gasteiger partial charge in [0.25, 0.3) is 5.91 Å². The van der Waals surface area contributed by atoms with E-state index in [1.54, 1.807) is 26.8 Å². The summed E-state index contributed by atoms with van der Waals surface area (Å²) in [5.41, 5.74) is -4.06. The molecule has 0 unspecified atom stereocenters. The smallest absolute Gasteiger partial charge is 0.438 e. The number of nitrogens with zero attached hydrogens (tertiary/aromatic N) is 3. The van der Waals surface area contributed by atoms with Crippen LogP contribution in [0.4, 0.5) is 18.0 Å². The minimum atomic E-state index is -5.01. The fraction of sp³-hybridized carbons (Fsp3) is 0.622. The number of amides is 4. The molecule has 1 aromatic heterocycles. The average molecular weight is 809 g/mol. The third-order valence-electron chi connectivity index (χ3n) is 10.6. The summed E-state index contributed by atoms with van der Waals surface area (Å²) in [7, 11) is -2.74. The second-order valence-electron chi connectivity index (χ2n) is 16.1. The van der Waals surface area contributed by atoms with E-state index in [1.807, 2.05) is 6.08 Å². The van der Waals surface area contributed by atoms with Crippen LogP contribution >= 0.6 is 0 Å². The number of aromatic nitrogens is 2. The van der Waals surface area contributed by atoms with E-state index >= 15 is 0 Å². The summed E-state index contributed by atoms with van der Waals surface area (Å²) in [6, 6.07) is 1.57. The van der Waals surface area contributed by atoms with E-state index in [9.17, 15) is 40.8 Å². The molecule has 1 saturated heterocycles. The fourth-order valence-electron chi connectivity index (χ4n) is 6.97. The zero-order valence-corrected chi connectivity index (χ0v) is 32.6. The van der Waals surface area contributed by atoms with Crippen molar-refractivity contribution in [3.63, 3.8) is 0 Å². The van der Waals surface area contributed by atoms with Gasteiger partial charge in [-0.2, -0.15) is 13.2 Å². The Morgan fingerprint density at radius 1 is 1.05 bits per heavy atom. The molecular weight excluding hydrogens is 762 g/mol. The minimum absolute atomic E-state index is 0.0629. The number of benzene rings is 1. The van der Waals surface area contributed by atoms with Gasteiger partial charge in [0.05, 0.1) is 29.4 Å². The molecule has 6 rings (SSSR count). The number of methoxy groups -OCH3 is 1. The largest absolute Gasteiger partial charge is 0.497 e. The third kappa shape index (κ3) is 8.81. The van der Waals surface area contributed by atoms with E-state index < -0.39 is 98.1 Å². The quantitative estimate of drug-likeness (QED) is 0.338. The first-order chi connectivity index (χ1) is 26.1. The van der Waals surface area contributed by atoms with E-state index in [1.165, 1.54) is 32.2 Å². The molecule has 19 heteroatoms. The molecule has 2 saturated carbocycles. The van der Waals surface area contributed by atoms with Crippen molar-refractivity contribution < 1.29 is 55.0 Å². The van der Waals surface area contributed by atoms with Gasteiger partial charge in [0.2, 0.25) is 33.4 Å². The number of halogens is 3. The van der Waals surface area contributed by atoms with E-state index in [0.29, 0.717) is 38.5 Å². The number of ether oxygens (including phenoxy) is 3. The van der Waals surface area contributed by atoms with Crippen LogP contribution in [0.3, 0.4) is 0 Å². The standard InChI is InChI=1S/C37H47F3N6O9S/c1-34(2,3)55-33(50)43-25-12-10-8-6-7-9-11-21-19-36(21,32(49)45-56(51,52)35(4)15-16-35)44-29(47)27-18-23(20-46(27)31(25)48)54-30-28(37(38,39)40)41-26-17-22(53-5)13-14-24(26)42-30/h9,11,13-14,17,21,23,25,27H,6-8,10,12,15-16,18-20H2,1-5H3,(H,43,50)(H,44,47)(H,45,49)/b11-9-/t21-,23-,25+,27+,36-/m1/s1. The van der Waals surface area contributed by atoms with Gasteiger partial charge < -0.3 is 29.7 Å². The number of sulfonamides is 1. The highest BCUT2D eigenvalue weighted by molar-refractivity contribution is 7.91. The van der Waals surface area contributed by atoms with E-state index in [0.717, 1.165) is 4.90 Å². The predicted octanol–water partition coefficient (Wildman–Crippen LogP) is 4.29. The molecule has 0 spiro atoms. The maximum atomic E-state index is 14.4. The molecule has 0 bridgehead atoms. The topological polar surface area (TPSA) is 195 Å². The van der Waals surface area contributed by atoms with Crippen LogP contribution in [-0.2, 0) is 35.3 Å². The van der Waals surface area contributed by atoms with Crippen LogP contribution in [0.1, 0.15) is 91.2 Å². The molecular formula is C37H47F3N6O9S. The Labute approximate surface area is 322 Å². The lowest BCUT2D eigenvalue weighted by molar-refractivity contribution is -0.143. The molecule has 3 heterocycles. The maximum absolute atomic E-state index is 14.4. The van der Waals surface area contributed by atoms with E-state index in [-0.39, 0.29) is 36.0 Å². The number of alkyl halides is 3. The Morgan fingerprint density at radius 3 is 2.45 bits per heavy atom. The van der Waals surface area contributed by atoms with Crippen LogP contribution in [-0.4, -0.2) is 94.8 Å². The Kier molecular flexibility index (Phi) is 11.0. The fourth-order valence-corrected chi connectivity index (χ4v) is 8.28. The van der Waals surface area contributed by atoms with Crippen LogP contribution in [0, 0.1) is 5.92 Å². The highest BCUT2D eigenvalue weighted by Crippen LogP contribution is 2.47. The average Bonchev–Trinajstić information content (AvgIpc) is 3.98. The Bertz CT molecular complexity index is 2030. The van der Waals surface area contributed by atoms with Crippen molar-refractivity contribution in [2.75, 3.05) is 13.7 Å². The number of fused-ring (bicyclic) bond motifs is 3. The molecule has 56 heavy (non-hydrogen) atoms. The number of allylic oxidation sites excluding steroid dienone is 1. The van der Waals surface area contributed by atoms with Gasteiger partial charge in [-0.25, -0.2) is 23.2 Å². The lowest BCUT2D eigenvalue weighted by Crippen LogP contribution is -2.58. The van der Waals surface area contributed by atoms with E-state index in [4.69, 9.17) is 14.2 Å². The number of carbonyl (C=O) groups is 4. The monoisotopic (exact) mass is 808 g/mol. The lowest BCUT2D eigenvalue weighted by Gasteiger charge is -2.30. The summed E-state index contributed by atoms with van der Waals surface area (Å²) in [5.74, 6) is -3.70. The third-order valence-corrected chi connectivity index (χ3v) is 12.7. The Hall–Kier alpha value is -4.68. The first-order valence-electron chi connectivity index (χ1n) is 18.6. The van der Waals surface area contributed by atoms with Gasteiger partial charge in [0, 0.05) is 18.4 Å². The van der Waals surface area contributed by atoms with Crippen molar-refractivity contribution >= 4 is 44.9 Å². The highest BCUT2D eigenvalue weighted by Gasteiger charge is 2.63. The zero-order chi connectivity index (χ0) is 40.8. The van der Waals surface area contributed by atoms with Crippen LogP contribution in [0.5, 0.6) is 11.6 Å². The van der Waals surface area contributed by atoms with E-state index in [2.05, 4.69) is 25.3 Å². The number of nitrogens with one attached hydrogen (secondary N) is 3. The molecule has 5 atom stereocenters. The predicted molar refractivity (Wildman–Crippen MR) is 195 cm³/mol. The molecule has 1 aromatic carbocycles. The highest BCUT2D eigenvalue weighted by atomic mass is 32.2. The molecule has 4 aliphatic rings. The van der Waals surface area contributed by atoms with Crippen LogP contribution in [0.25, 0.3) is 11.0 Å². The van der Waals surface area contributed by atoms with Gasteiger partial charge in [-0.05, 0) is 78.4 Å². The molecule has 3 fully saturated rings. The van der Waals surface area contributed by atoms with Gasteiger partial charge in [0.15, 0.2) is 0 Å². The van der Waals surface area contributed by atoms with Crippen LogP contribution < -0.4 is 24.8 Å². The first kappa shape index (κ1) is 41.0. The van der Waals surface area contributed by atoms with Gasteiger partial charge >= 0.3 is 12.3 Å². The minimum Gasteiger partial charge on any atom is -0.497 e. The molecule has 15 nitrogen and oxygen atoms in total. The second-order valence-corrected chi connectivity index (χ2v) is 18.3. The van der Waals surface area contributed by atoms with Crippen LogP contribution in [0.15, 0.2) is 30.4 Å². The zero-order valence-electron chi connectivity index (χ0n) is 31.8. The maximum Gasteiger partial charge on any atom is 0.438 e. The Morgan fingerprint density at radius 2 is 1.79 bits per heavy atom. The molecule has 3 N–H and O–H groups in total. The number of hydrogen-bond acceptors (Lipinski definition) is 11. The van der Waals surface area contributed by atoms with Gasteiger partial charge in [0.1, 0.15) is 35.1 Å². The number of hydrogen-bond donors (Lipinski definition) is 3. The van der Waals surface area contributed by atoms with Gasteiger partial charge in [-0.3, -0.25) is 19.1 Å². The number of alkyl carbamates (subject to hydrolysis) is 1. The van der Waals surface area contributed by atoms with Crippen molar-refractivity contribution in [3.05, 3.63) is 36.0 Å². The number of rotatable bonds is 7. The summed E-state index contributed by atoms with van der Waals surface area (Å²) >= 11 is 0. The summed E-state index contributed by atoms with van der Waals surface area (Å²) in [6.07, 6.45) is -0.469. The van der Waals surface area contributed by atoms with Crippen molar-refractivity contribution in [1.29, 1.82) is 0 Å². The second kappa shape index (κ2) is 15.0. The van der Waals surface area contributed by atoms with Crippen molar-refractivity contribution in [1.82, 2.24) is 30.2 Å². The molecule has 4 amide bonds.